The first-order valence-electron chi connectivity index (χ1n) is 7.08. The van der Waals surface area contributed by atoms with Gasteiger partial charge in [-0.25, -0.2) is 4.68 Å². The van der Waals surface area contributed by atoms with Crippen molar-refractivity contribution in [3.63, 3.8) is 0 Å². The number of rotatable bonds is 7. The molecule has 20 heavy (non-hydrogen) atoms. The van der Waals surface area contributed by atoms with E-state index in [-0.39, 0.29) is 0 Å². The van der Waals surface area contributed by atoms with Crippen LogP contribution in [0.25, 0.3) is 5.69 Å². The second-order valence-electron chi connectivity index (χ2n) is 4.56. The van der Waals surface area contributed by atoms with E-state index in [1.54, 1.807) is 4.68 Å². The SMILES string of the molecule is CCN(CC)CCOc1nc(C)n(-c2ccccc2)n1. The second kappa shape index (κ2) is 7.05. The van der Waals surface area contributed by atoms with Crippen molar-refractivity contribution in [2.75, 3.05) is 26.2 Å². The van der Waals surface area contributed by atoms with Crippen molar-refractivity contribution >= 4 is 0 Å². The van der Waals surface area contributed by atoms with Crippen LogP contribution in [-0.4, -0.2) is 45.9 Å². The second-order valence-corrected chi connectivity index (χ2v) is 4.56. The van der Waals surface area contributed by atoms with E-state index in [9.17, 15) is 0 Å². The lowest BCUT2D eigenvalue weighted by Crippen LogP contribution is -2.28. The highest BCUT2D eigenvalue weighted by atomic mass is 16.5. The topological polar surface area (TPSA) is 43.2 Å². The van der Waals surface area contributed by atoms with Gasteiger partial charge in [-0.3, -0.25) is 0 Å². The molecule has 0 spiro atoms. The minimum atomic E-state index is 0.443. The number of para-hydroxylation sites is 1. The lowest BCUT2D eigenvalue weighted by molar-refractivity contribution is 0.212. The van der Waals surface area contributed by atoms with E-state index in [1.807, 2.05) is 37.3 Å². The molecule has 0 radical (unpaired) electrons. The van der Waals surface area contributed by atoms with E-state index in [0.717, 1.165) is 31.1 Å². The Bertz CT molecular complexity index is 520. The van der Waals surface area contributed by atoms with Crippen molar-refractivity contribution < 1.29 is 4.74 Å². The average Bonchev–Trinajstić information content (AvgIpc) is 2.85. The molecule has 0 N–H and O–H groups in total. The molecular weight excluding hydrogens is 252 g/mol. The summed E-state index contributed by atoms with van der Waals surface area (Å²) in [6.07, 6.45) is 0. The molecule has 0 bridgehead atoms. The highest BCUT2D eigenvalue weighted by molar-refractivity contribution is 5.31. The van der Waals surface area contributed by atoms with E-state index >= 15 is 0 Å². The summed E-state index contributed by atoms with van der Waals surface area (Å²) in [6.45, 7) is 9.80. The number of ether oxygens (including phenoxy) is 1. The number of likely N-dealkylation sites (N-methyl/N-ethyl adjacent to an activating group) is 1. The number of hydrogen-bond acceptors (Lipinski definition) is 4. The fraction of sp³-hybridized carbons (Fsp3) is 0.467. The first-order valence-corrected chi connectivity index (χ1v) is 7.08. The van der Waals surface area contributed by atoms with Gasteiger partial charge in [0.2, 0.25) is 0 Å². The van der Waals surface area contributed by atoms with Crippen LogP contribution in [0.15, 0.2) is 30.3 Å². The Labute approximate surface area is 120 Å². The first-order chi connectivity index (χ1) is 9.74. The van der Waals surface area contributed by atoms with E-state index in [4.69, 9.17) is 4.74 Å². The van der Waals surface area contributed by atoms with Gasteiger partial charge in [0.15, 0.2) is 0 Å². The van der Waals surface area contributed by atoms with Crippen LogP contribution in [0.5, 0.6) is 6.01 Å². The molecule has 0 aliphatic heterocycles. The average molecular weight is 274 g/mol. The quantitative estimate of drug-likeness (QED) is 0.777. The van der Waals surface area contributed by atoms with Crippen molar-refractivity contribution in [2.24, 2.45) is 0 Å². The summed E-state index contributed by atoms with van der Waals surface area (Å²) in [5.74, 6) is 0.828. The van der Waals surface area contributed by atoms with Crippen LogP contribution in [0.1, 0.15) is 19.7 Å². The Morgan fingerprint density at radius 2 is 1.85 bits per heavy atom. The van der Waals surface area contributed by atoms with Crippen LogP contribution in [0, 0.1) is 6.92 Å². The molecule has 2 aromatic rings. The maximum atomic E-state index is 5.64. The van der Waals surface area contributed by atoms with Gasteiger partial charge in [0.1, 0.15) is 12.4 Å². The van der Waals surface area contributed by atoms with E-state index in [0.29, 0.717) is 12.6 Å². The van der Waals surface area contributed by atoms with Gasteiger partial charge in [-0.15, -0.1) is 5.10 Å². The minimum Gasteiger partial charge on any atom is -0.461 e. The molecule has 0 aliphatic carbocycles. The van der Waals surface area contributed by atoms with Gasteiger partial charge < -0.3 is 9.64 Å². The van der Waals surface area contributed by atoms with Gasteiger partial charge in [0, 0.05) is 6.54 Å². The summed E-state index contributed by atoms with van der Waals surface area (Å²) >= 11 is 0. The Hall–Kier alpha value is -1.88. The number of hydrogen-bond donors (Lipinski definition) is 0. The molecule has 5 heteroatoms. The first kappa shape index (κ1) is 14.5. The number of nitrogens with zero attached hydrogens (tertiary/aromatic N) is 4. The fourth-order valence-electron chi connectivity index (χ4n) is 2.05. The van der Waals surface area contributed by atoms with Crippen LogP contribution in [-0.2, 0) is 0 Å². The molecule has 0 aliphatic rings. The molecule has 1 heterocycles. The Morgan fingerprint density at radius 1 is 1.15 bits per heavy atom. The lowest BCUT2D eigenvalue weighted by Gasteiger charge is -2.16. The predicted octanol–water partition coefficient (Wildman–Crippen LogP) is 2.30. The monoisotopic (exact) mass is 274 g/mol. The van der Waals surface area contributed by atoms with Crippen molar-refractivity contribution in [1.29, 1.82) is 0 Å². The Morgan fingerprint density at radius 3 is 2.50 bits per heavy atom. The van der Waals surface area contributed by atoms with E-state index < -0.39 is 0 Å². The summed E-state index contributed by atoms with van der Waals surface area (Å²) in [4.78, 5) is 6.65. The predicted molar refractivity (Wildman–Crippen MR) is 79.4 cm³/mol. The van der Waals surface area contributed by atoms with Crippen molar-refractivity contribution in [3.8, 4) is 11.7 Å². The molecular formula is C15H22N4O. The molecule has 108 valence electrons. The summed E-state index contributed by atoms with van der Waals surface area (Å²) in [5, 5.41) is 4.39. The number of aryl methyl sites for hydroxylation is 1. The van der Waals surface area contributed by atoms with Gasteiger partial charge >= 0.3 is 6.01 Å². The Kier molecular flexibility index (Phi) is 5.12. The molecule has 0 fully saturated rings. The van der Waals surface area contributed by atoms with Crippen LogP contribution < -0.4 is 4.74 Å². The standard InChI is InChI=1S/C15H22N4O/c1-4-18(5-2)11-12-20-15-16-13(3)19(17-15)14-9-7-6-8-10-14/h6-10H,4-5,11-12H2,1-3H3. The molecule has 0 saturated heterocycles. The third kappa shape index (κ3) is 3.57. The normalized spacial score (nSPS) is 11.0. The van der Waals surface area contributed by atoms with Crippen molar-refractivity contribution in [2.45, 2.75) is 20.8 Å². The van der Waals surface area contributed by atoms with Gasteiger partial charge in [-0.05, 0) is 32.1 Å². The van der Waals surface area contributed by atoms with Gasteiger partial charge in [-0.2, -0.15) is 4.98 Å². The van der Waals surface area contributed by atoms with Gasteiger partial charge in [-0.1, -0.05) is 32.0 Å². The summed E-state index contributed by atoms with van der Waals surface area (Å²) < 4.78 is 7.44. The van der Waals surface area contributed by atoms with Crippen LogP contribution >= 0.6 is 0 Å². The zero-order valence-electron chi connectivity index (χ0n) is 12.4. The largest absolute Gasteiger partial charge is 0.461 e. The van der Waals surface area contributed by atoms with Crippen LogP contribution in [0.4, 0.5) is 0 Å². The maximum absolute atomic E-state index is 5.64. The molecule has 0 unspecified atom stereocenters. The highest BCUT2D eigenvalue weighted by Crippen LogP contribution is 2.12. The van der Waals surface area contributed by atoms with Crippen LogP contribution in [0.2, 0.25) is 0 Å². The summed E-state index contributed by atoms with van der Waals surface area (Å²) in [7, 11) is 0. The smallest absolute Gasteiger partial charge is 0.336 e. The highest BCUT2D eigenvalue weighted by Gasteiger charge is 2.09. The summed E-state index contributed by atoms with van der Waals surface area (Å²) in [5.41, 5.74) is 0.996. The number of aromatic nitrogens is 3. The molecule has 2 rings (SSSR count). The van der Waals surface area contributed by atoms with Crippen LogP contribution in [0.3, 0.4) is 0 Å². The van der Waals surface area contributed by atoms with Gasteiger partial charge in [0.05, 0.1) is 5.69 Å². The van der Waals surface area contributed by atoms with Crippen molar-refractivity contribution in [3.05, 3.63) is 36.2 Å². The van der Waals surface area contributed by atoms with E-state index in [1.165, 1.54) is 0 Å². The van der Waals surface area contributed by atoms with E-state index in [2.05, 4.69) is 28.8 Å². The fourth-order valence-corrected chi connectivity index (χ4v) is 2.05. The third-order valence-electron chi connectivity index (χ3n) is 3.28. The van der Waals surface area contributed by atoms with Gasteiger partial charge in [0.25, 0.3) is 0 Å². The lowest BCUT2D eigenvalue weighted by atomic mass is 10.3. The summed E-state index contributed by atoms with van der Waals surface area (Å²) in [6, 6.07) is 10.4. The van der Waals surface area contributed by atoms with Crippen molar-refractivity contribution in [1.82, 2.24) is 19.7 Å². The molecule has 1 aromatic carbocycles. The minimum absolute atomic E-state index is 0.443. The zero-order valence-corrected chi connectivity index (χ0v) is 12.4. The molecule has 0 amide bonds. The molecule has 0 atom stereocenters. The maximum Gasteiger partial charge on any atom is 0.336 e. The zero-order chi connectivity index (χ0) is 14.4. The number of benzene rings is 1. The third-order valence-corrected chi connectivity index (χ3v) is 3.28. The molecule has 1 aromatic heterocycles. The molecule has 0 saturated carbocycles. The molecule has 5 nitrogen and oxygen atoms in total. The Balaban J connectivity index is 1.98.